The molecule has 2 nitrogen and oxygen atoms in total. The monoisotopic (exact) mass is 176 g/mol. The average Bonchev–Trinajstić information content (AvgIpc) is 2.20. The highest BCUT2D eigenvalue weighted by Crippen LogP contribution is 2.12. The average molecular weight is 176 g/mol. The summed E-state index contributed by atoms with van der Waals surface area (Å²) in [5.74, 6) is 0. The molecule has 1 aromatic rings. The summed E-state index contributed by atoms with van der Waals surface area (Å²) in [7, 11) is 0. The third-order valence-corrected chi connectivity index (χ3v) is 1.53. The molecule has 1 heterocycles. The molecule has 0 aliphatic rings. The molecule has 0 saturated heterocycles. The fourth-order valence-electron chi connectivity index (χ4n) is 0.938. The van der Waals surface area contributed by atoms with Gasteiger partial charge in [0, 0.05) is 11.1 Å². The molecule has 0 radical (unpaired) electrons. The van der Waals surface area contributed by atoms with E-state index in [9.17, 15) is 0 Å². The first kappa shape index (κ1) is 11.6. The quantitative estimate of drug-likeness (QED) is 0.692. The Hall–Kier alpha value is -1.44. The van der Waals surface area contributed by atoms with E-state index in [1.807, 2.05) is 20.8 Å². The fourth-order valence-corrected chi connectivity index (χ4v) is 0.938. The zero-order chi connectivity index (χ0) is 10.3. The highest BCUT2D eigenvalue weighted by Gasteiger charge is 1.99. The van der Waals surface area contributed by atoms with E-state index in [0.717, 1.165) is 16.8 Å². The zero-order valence-electron chi connectivity index (χ0n) is 8.54. The second-order valence-electron chi connectivity index (χ2n) is 2.21. The van der Waals surface area contributed by atoms with Gasteiger partial charge in [-0.15, -0.1) is 0 Å². The molecule has 0 saturated carbocycles. The first-order chi connectivity index (χ1) is 6.29. The summed E-state index contributed by atoms with van der Waals surface area (Å²) in [6.07, 6.45) is 5.19. The Bertz CT molecular complexity index is 290. The lowest BCUT2D eigenvalue weighted by molar-refractivity contribution is 0.972. The van der Waals surface area contributed by atoms with Crippen molar-refractivity contribution < 1.29 is 0 Å². The van der Waals surface area contributed by atoms with Crippen molar-refractivity contribution in [2.24, 2.45) is 0 Å². The van der Waals surface area contributed by atoms with Crippen LogP contribution in [-0.2, 0) is 0 Å². The lowest BCUT2D eigenvalue weighted by Gasteiger charge is -2.00. The predicted octanol–water partition coefficient (Wildman–Crippen LogP) is 3.10. The molecule has 0 fully saturated rings. The van der Waals surface area contributed by atoms with E-state index in [-0.39, 0.29) is 0 Å². The SMILES string of the molecule is C=Cc1cnnc(C)c1C=C.CC. The van der Waals surface area contributed by atoms with E-state index >= 15 is 0 Å². The van der Waals surface area contributed by atoms with Crippen molar-refractivity contribution >= 4 is 12.2 Å². The van der Waals surface area contributed by atoms with E-state index in [1.165, 1.54) is 0 Å². The summed E-state index contributed by atoms with van der Waals surface area (Å²) in [5.41, 5.74) is 2.87. The van der Waals surface area contributed by atoms with Crippen LogP contribution in [0.3, 0.4) is 0 Å². The number of aromatic nitrogens is 2. The number of hydrogen-bond acceptors (Lipinski definition) is 2. The van der Waals surface area contributed by atoms with Crippen LogP contribution in [0.1, 0.15) is 30.7 Å². The maximum atomic E-state index is 3.89. The number of hydrogen-bond donors (Lipinski definition) is 0. The van der Waals surface area contributed by atoms with Gasteiger partial charge in [-0.2, -0.15) is 10.2 Å². The molecule has 0 aromatic carbocycles. The van der Waals surface area contributed by atoms with E-state index in [0.29, 0.717) is 0 Å². The second kappa shape index (κ2) is 6.12. The fraction of sp³-hybridized carbons (Fsp3) is 0.273. The van der Waals surface area contributed by atoms with Gasteiger partial charge in [0.25, 0.3) is 0 Å². The van der Waals surface area contributed by atoms with Gasteiger partial charge in [-0.25, -0.2) is 0 Å². The normalized spacial score (nSPS) is 8.23. The molecule has 70 valence electrons. The topological polar surface area (TPSA) is 25.8 Å². The van der Waals surface area contributed by atoms with Crippen molar-refractivity contribution in [2.45, 2.75) is 20.8 Å². The van der Waals surface area contributed by atoms with Gasteiger partial charge in [-0.05, 0) is 6.92 Å². The van der Waals surface area contributed by atoms with Crippen LogP contribution < -0.4 is 0 Å². The minimum atomic E-state index is 0.886. The lowest BCUT2D eigenvalue weighted by atomic mass is 10.1. The molecule has 0 N–H and O–H groups in total. The van der Waals surface area contributed by atoms with E-state index < -0.39 is 0 Å². The standard InChI is InChI=1S/C9H10N2.C2H6/c1-4-8-6-10-11-7(3)9(8)5-2;1-2/h4-6H,1-2H2,3H3;1-2H3. The molecule has 0 aliphatic heterocycles. The Morgan fingerprint density at radius 1 is 1.23 bits per heavy atom. The largest absolute Gasteiger partial charge is 0.158 e. The summed E-state index contributed by atoms with van der Waals surface area (Å²) in [5, 5.41) is 7.68. The molecule has 0 aliphatic carbocycles. The lowest BCUT2D eigenvalue weighted by Crippen LogP contribution is -1.92. The highest BCUT2D eigenvalue weighted by atomic mass is 15.1. The van der Waals surface area contributed by atoms with Gasteiger partial charge in [-0.1, -0.05) is 39.2 Å². The second-order valence-corrected chi connectivity index (χ2v) is 2.21. The van der Waals surface area contributed by atoms with E-state index in [2.05, 4.69) is 23.4 Å². The maximum absolute atomic E-state index is 3.89. The molecular formula is C11H16N2. The van der Waals surface area contributed by atoms with Crippen molar-refractivity contribution in [3.63, 3.8) is 0 Å². The molecule has 13 heavy (non-hydrogen) atoms. The molecule has 0 spiro atoms. The predicted molar refractivity (Wildman–Crippen MR) is 58.3 cm³/mol. The van der Waals surface area contributed by atoms with Crippen molar-refractivity contribution in [1.82, 2.24) is 10.2 Å². The van der Waals surface area contributed by atoms with Crippen LogP contribution in [0, 0.1) is 6.92 Å². The smallest absolute Gasteiger partial charge is 0.0678 e. The van der Waals surface area contributed by atoms with Gasteiger partial charge >= 0.3 is 0 Å². The van der Waals surface area contributed by atoms with Crippen LogP contribution in [0.2, 0.25) is 0 Å². The van der Waals surface area contributed by atoms with Gasteiger partial charge in [0.1, 0.15) is 0 Å². The van der Waals surface area contributed by atoms with Crippen molar-refractivity contribution in [1.29, 1.82) is 0 Å². The Morgan fingerprint density at radius 2 is 1.85 bits per heavy atom. The Morgan fingerprint density at radius 3 is 2.23 bits per heavy atom. The summed E-state index contributed by atoms with van der Waals surface area (Å²) in [6.45, 7) is 13.2. The Labute approximate surface area is 80.0 Å². The number of rotatable bonds is 2. The summed E-state index contributed by atoms with van der Waals surface area (Å²) < 4.78 is 0. The van der Waals surface area contributed by atoms with Gasteiger partial charge in [0.2, 0.25) is 0 Å². The van der Waals surface area contributed by atoms with Gasteiger partial charge < -0.3 is 0 Å². The van der Waals surface area contributed by atoms with Crippen LogP contribution >= 0.6 is 0 Å². The number of aryl methyl sites for hydroxylation is 1. The molecular weight excluding hydrogens is 160 g/mol. The van der Waals surface area contributed by atoms with Crippen LogP contribution in [0.15, 0.2) is 19.4 Å². The van der Waals surface area contributed by atoms with Crippen molar-refractivity contribution in [3.05, 3.63) is 36.2 Å². The Kier molecular flexibility index (Phi) is 5.44. The summed E-state index contributed by atoms with van der Waals surface area (Å²) in [6, 6.07) is 0. The third kappa shape index (κ3) is 2.82. The van der Waals surface area contributed by atoms with E-state index in [4.69, 9.17) is 0 Å². The summed E-state index contributed by atoms with van der Waals surface area (Å²) >= 11 is 0. The highest BCUT2D eigenvalue weighted by molar-refractivity contribution is 5.63. The number of nitrogens with zero attached hydrogens (tertiary/aromatic N) is 2. The van der Waals surface area contributed by atoms with Crippen LogP contribution in [-0.4, -0.2) is 10.2 Å². The molecule has 1 rings (SSSR count). The first-order valence-corrected chi connectivity index (χ1v) is 4.36. The Balaban J connectivity index is 0.000000671. The molecule has 1 aromatic heterocycles. The van der Waals surface area contributed by atoms with Crippen LogP contribution in [0.5, 0.6) is 0 Å². The maximum Gasteiger partial charge on any atom is 0.0678 e. The summed E-state index contributed by atoms with van der Waals surface area (Å²) in [4.78, 5) is 0. The minimum absolute atomic E-state index is 0.886. The van der Waals surface area contributed by atoms with Crippen molar-refractivity contribution in [3.8, 4) is 0 Å². The molecule has 0 unspecified atom stereocenters. The van der Waals surface area contributed by atoms with Gasteiger partial charge in [0.05, 0.1) is 11.9 Å². The van der Waals surface area contributed by atoms with Gasteiger partial charge in [0.15, 0.2) is 0 Å². The van der Waals surface area contributed by atoms with Gasteiger partial charge in [-0.3, -0.25) is 0 Å². The first-order valence-electron chi connectivity index (χ1n) is 4.36. The van der Waals surface area contributed by atoms with E-state index in [1.54, 1.807) is 18.3 Å². The van der Waals surface area contributed by atoms with Crippen LogP contribution in [0.4, 0.5) is 0 Å². The zero-order valence-corrected chi connectivity index (χ0v) is 8.54. The molecule has 0 amide bonds. The third-order valence-electron chi connectivity index (χ3n) is 1.53. The molecule has 2 heteroatoms. The van der Waals surface area contributed by atoms with Crippen LogP contribution in [0.25, 0.3) is 12.2 Å². The molecule has 0 bridgehead atoms. The van der Waals surface area contributed by atoms with Crippen molar-refractivity contribution in [2.75, 3.05) is 0 Å². The minimum Gasteiger partial charge on any atom is -0.158 e. The molecule has 0 atom stereocenters.